The molecule has 0 aliphatic heterocycles. The third-order valence-corrected chi connectivity index (χ3v) is 4.29. The van der Waals surface area contributed by atoms with E-state index in [4.69, 9.17) is 4.52 Å². The van der Waals surface area contributed by atoms with Gasteiger partial charge in [0.25, 0.3) is 5.89 Å². The van der Waals surface area contributed by atoms with E-state index < -0.39 is 0 Å². The molecular formula is C16H13N5OS. The Kier molecular flexibility index (Phi) is 3.47. The van der Waals surface area contributed by atoms with E-state index in [9.17, 15) is 0 Å². The van der Waals surface area contributed by atoms with Crippen molar-refractivity contribution in [2.24, 2.45) is 0 Å². The van der Waals surface area contributed by atoms with Crippen molar-refractivity contribution in [2.75, 3.05) is 5.32 Å². The quantitative estimate of drug-likeness (QED) is 0.613. The van der Waals surface area contributed by atoms with Crippen LogP contribution in [-0.4, -0.2) is 20.1 Å². The summed E-state index contributed by atoms with van der Waals surface area (Å²) in [5.41, 5.74) is 0.903. The third-order valence-electron chi connectivity index (χ3n) is 3.46. The van der Waals surface area contributed by atoms with Crippen LogP contribution in [0.25, 0.3) is 21.7 Å². The number of nitrogens with zero attached hydrogens (tertiary/aromatic N) is 4. The van der Waals surface area contributed by atoms with Crippen LogP contribution in [0.15, 0.2) is 52.6 Å². The SMILES string of the molecule is CC(Nc1ncnc2sccc12)c1noc(-c2ccccc2)n1. The summed E-state index contributed by atoms with van der Waals surface area (Å²) >= 11 is 1.58. The highest BCUT2D eigenvalue weighted by Gasteiger charge is 2.16. The summed E-state index contributed by atoms with van der Waals surface area (Å²) in [7, 11) is 0. The predicted molar refractivity (Wildman–Crippen MR) is 89.2 cm³/mol. The molecule has 4 aromatic rings. The molecule has 0 radical (unpaired) electrons. The van der Waals surface area contributed by atoms with E-state index in [0.29, 0.717) is 11.7 Å². The molecule has 0 saturated carbocycles. The van der Waals surface area contributed by atoms with E-state index >= 15 is 0 Å². The molecule has 3 aromatic heterocycles. The second-order valence-electron chi connectivity index (χ2n) is 5.05. The maximum atomic E-state index is 5.35. The Balaban J connectivity index is 1.59. The summed E-state index contributed by atoms with van der Waals surface area (Å²) in [5.74, 6) is 1.87. The molecule has 1 N–H and O–H groups in total. The minimum Gasteiger partial charge on any atom is -0.360 e. The van der Waals surface area contributed by atoms with E-state index in [2.05, 4.69) is 25.4 Å². The molecule has 4 rings (SSSR count). The van der Waals surface area contributed by atoms with Crippen molar-refractivity contribution in [3.8, 4) is 11.5 Å². The fraction of sp³-hybridized carbons (Fsp3) is 0.125. The normalized spacial score (nSPS) is 12.4. The Morgan fingerprint density at radius 1 is 1.13 bits per heavy atom. The van der Waals surface area contributed by atoms with Gasteiger partial charge in [-0.15, -0.1) is 11.3 Å². The Morgan fingerprint density at radius 3 is 2.87 bits per heavy atom. The maximum Gasteiger partial charge on any atom is 0.257 e. The lowest BCUT2D eigenvalue weighted by Gasteiger charge is -2.10. The standard InChI is InChI=1S/C16H13N5OS/c1-10(19-14-12-7-8-23-16(12)18-9-17-14)13-20-15(22-21-13)11-5-3-2-4-6-11/h2-10H,1H3,(H,17,18,19). The largest absolute Gasteiger partial charge is 0.360 e. The second kappa shape index (κ2) is 5.77. The number of nitrogens with one attached hydrogen (secondary N) is 1. The van der Waals surface area contributed by atoms with Gasteiger partial charge in [0.2, 0.25) is 0 Å². The molecule has 7 heteroatoms. The van der Waals surface area contributed by atoms with Gasteiger partial charge in [-0.2, -0.15) is 4.98 Å². The van der Waals surface area contributed by atoms with Gasteiger partial charge in [0.1, 0.15) is 17.0 Å². The molecule has 3 heterocycles. The number of thiophene rings is 1. The molecule has 23 heavy (non-hydrogen) atoms. The summed E-state index contributed by atoms with van der Waals surface area (Å²) < 4.78 is 5.35. The zero-order valence-electron chi connectivity index (χ0n) is 12.3. The van der Waals surface area contributed by atoms with Gasteiger partial charge in [0, 0.05) is 5.56 Å². The highest BCUT2D eigenvalue weighted by atomic mass is 32.1. The Bertz CT molecular complexity index is 934. The topological polar surface area (TPSA) is 76.7 Å². The van der Waals surface area contributed by atoms with Crippen molar-refractivity contribution in [1.29, 1.82) is 0 Å². The van der Waals surface area contributed by atoms with Crippen LogP contribution < -0.4 is 5.32 Å². The molecule has 1 atom stereocenters. The first-order chi connectivity index (χ1) is 11.3. The van der Waals surface area contributed by atoms with Gasteiger partial charge in [0.05, 0.1) is 11.4 Å². The van der Waals surface area contributed by atoms with E-state index in [1.807, 2.05) is 48.7 Å². The molecule has 1 unspecified atom stereocenters. The number of benzene rings is 1. The predicted octanol–water partition coefficient (Wildman–Crippen LogP) is 3.91. The lowest BCUT2D eigenvalue weighted by atomic mass is 10.2. The lowest BCUT2D eigenvalue weighted by molar-refractivity contribution is 0.420. The van der Waals surface area contributed by atoms with Crippen molar-refractivity contribution < 1.29 is 4.52 Å². The Morgan fingerprint density at radius 2 is 2.00 bits per heavy atom. The Labute approximate surface area is 136 Å². The van der Waals surface area contributed by atoms with Gasteiger partial charge in [-0.25, -0.2) is 9.97 Å². The molecular weight excluding hydrogens is 310 g/mol. The van der Waals surface area contributed by atoms with Crippen LogP contribution in [0, 0.1) is 0 Å². The first-order valence-corrected chi connectivity index (χ1v) is 8.03. The smallest absolute Gasteiger partial charge is 0.257 e. The van der Waals surface area contributed by atoms with Crippen LogP contribution >= 0.6 is 11.3 Å². The monoisotopic (exact) mass is 323 g/mol. The van der Waals surface area contributed by atoms with Gasteiger partial charge < -0.3 is 9.84 Å². The minimum atomic E-state index is -0.130. The molecule has 0 saturated heterocycles. The zero-order chi connectivity index (χ0) is 15.6. The molecule has 1 aromatic carbocycles. The number of hydrogen-bond acceptors (Lipinski definition) is 7. The van der Waals surface area contributed by atoms with E-state index in [1.165, 1.54) is 0 Å². The number of fused-ring (bicyclic) bond motifs is 1. The highest BCUT2D eigenvalue weighted by Crippen LogP contribution is 2.27. The van der Waals surface area contributed by atoms with Gasteiger partial charge in [-0.1, -0.05) is 23.4 Å². The molecule has 0 amide bonds. The number of aromatic nitrogens is 4. The number of anilines is 1. The Hall–Kier alpha value is -2.80. The summed E-state index contributed by atoms with van der Waals surface area (Å²) in [6.45, 7) is 1.97. The van der Waals surface area contributed by atoms with Crippen molar-refractivity contribution in [3.05, 3.63) is 53.9 Å². The minimum absolute atomic E-state index is 0.130. The highest BCUT2D eigenvalue weighted by molar-refractivity contribution is 7.16. The summed E-state index contributed by atoms with van der Waals surface area (Å²) in [6.07, 6.45) is 1.56. The summed E-state index contributed by atoms with van der Waals surface area (Å²) in [6, 6.07) is 11.6. The van der Waals surface area contributed by atoms with Crippen molar-refractivity contribution in [1.82, 2.24) is 20.1 Å². The zero-order valence-corrected chi connectivity index (χ0v) is 13.1. The third kappa shape index (κ3) is 2.66. The molecule has 0 spiro atoms. The first-order valence-electron chi connectivity index (χ1n) is 7.15. The van der Waals surface area contributed by atoms with Crippen LogP contribution in [0.3, 0.4) is 0 Å². The van der Waals surface area contributed by atoms with Gasteiger partial charge in [-0.3, -0.25) is 0 Å². The molecule has 0 aliphatic carbocycles. The van der Waals surface area contributed by atoms with Crippen LogP contribution in [0.4, 0.5) is 5.82 Å². The first kappa shape index (κ1) is 13.8. The summed E-state index contributed by atoms with van der Waals surface area (Å²) in [5, 5.41) is 10.4. The molecule has 0 aliphatic rings. The second-order valence-corrected chi connectivity index (χ2v) is 5.95. The van der Waals surface area contributed by atoms with Crippen LogP contribution in [0.2, 0.25) is 0 Å². The van der Waals surface area contributed by atoms with Crippen molar-refractivity contribution >= 4 is 27.4 Å². The maximum absolute atomic E-state index is 5.35. The van der Waals surface area contributed by atoms with E-state index in [0.717, 1.165) is 21.6 Å². The lowest BCUT2D eigenvalue weighted by Crippen LogP contribution is -2.09. The summed E-state index contributed by atoms with van der Waals surface area (Å²) in [4.78, 5) is 14.0. The molecule has 0 bridgehead atoms. The van der Waals surface area contributed by atoms with Crippen molar-refractivity contribution in [3.63, 3.8) is 0 Å². The molecule has 0 fully saturated rings. The average molecular weight is 323 g/mol. The fourth-order valence-electron chi connectivity index (χ4n) is 2.28. The van der Waals surface area contributed by atoms with Gasteiger partial charge in [-0.05, 0) is 30.5 Å². The van der Waals surface area contributed by atoms with Crippen LogP contribution in [0.1, 0.15) is 18.8 Å². The van der Waals surface area contributed by atoms with Gasteiger partial charge >= 0.3 is 0 Å². The van der Waals surface area contributed by atoms with Crippen LogP contribution in [0.5, 0.6) is 0 Å². The number of rotatable bonds is 4. The van der Waals surface area contributed by atoms with Crippen molar-refractivity contribution in [2.45, 2.75) is 13.0 Å². The fourth-order valence-corrected chi connectivity index (χ4v) is 3.02. The van der Waals surface area contributed by atoms with E-state index in [1.54, 1.807) is 17.7 Å². The molecule has 114 valence electrons. The average Bonchev–Trinajstić information content (AvgIpc) is 3.25. The molecule has 6 nitrogen and oxygen atoms in total. The van der Waals surface area contributed by atoms with Crippen LogP contribution in [-0.2, 0) is 0 Å². The van der Waals surface area contributed by atoms with E-state index in [-0.39, 0.29) is 6.04 Å². The van der Waals surface area contributed by atoms with Gasteiger partial charge in [0.15, 0.2) is 5.82 Å². The number of hydrogen-bond donors (Lipinski definition) is 1.